The molecule has 0 radical (unpaired) electrons. The largest absolute Gasteiger partial charge is 0.507 e. The predicted molar refractivity (Wildman–Crippen MR) is 207 cm³/mol. The van der Waals surface area contributed by atoms with Crippen LogP contribution in [0.3, 0.4) is 0 Å². The van der Waals surface area contributed by atoms with Crippen molar-refractivity contribution in [1.82, 2.24) is 30.6 Å². The van der Waals surface area contributed by atoms with Crippen LogP contribution >= 0.6 is 11.3 Å². The van der Waals surface area contributed by atoms with Gasteiger partial charge in [0.05, 0.1) is 33.9 Å². The molecule has 6 aromatic rings. The second kappa shape index (κ2) is 15.2. The third-order valence-electron chi connectivity index (χ3n) is 9.90. The molecular formula is C41H41N7O5S. The van der Waals surface area contributed by atoms with E-state index in [2.05, 4.69) is 25.7 Å². The number of thiazole rings is 1. The minimum Gasteiger partial charge on any atom is -0.507 e. The standard InChI is InChI=1S/C41H41N7O5S/c1-22(2)37(41(52)48-20-29(49)17-34(48)40(51)44-23(3)25-9-15-28(16-10-25)38-24(4)43-21-54-38)36-19-32(47-53-36)27-13-11-26(12-14-27)31-18-33(45-46-39(31)42)30-7-5-6-8-35(30)50/h5-16,18-19,21-23,29,34,37,49-50H,17,20H2,1-4H3,(H2,42,46)(H,44,51)/t23-,29+,34-,37-/m0/s1. The summed E-state index contributed by atoms with van der Waals surface area (Å²) >= 11 is 1.58. The van der Waals surface area contributed by atoms with E-state index in [4.69, 9.17) is 10.3 Å². The van der Waals surface area contributed by atoms with Crippen LogP contribution in [0.5, 0.6) is 5.75 Å². The van der Waals surface area contributed by atoms with Crippen molar-refractivity contribution in [3.63, 3.8) is 0 Å². The second-order valence-electron chi connectivity index (χ2n) is 14.0. The highest BCUT2D eigenvalue weighted by molar-refractivity contribution is 7.13. The number of phenols is 1. The molecule has 4 atom stereocenters. The van der Waals surface area contributed by atoms with E-state index in [1.54, 1.807) is 41.7 Å². The number of nitrogens with one attached hydrogen (secondary N) is 1. The number of aryl methyl sites for hydroxylation is 1. The summed E-state index contributed by atoms with van der Waals surface area (Å²) < 4.78 is 5.80. The fourth-order valence-electron chi connectivity index (χ4n) is 6.96. The molecular weight excluding hydrogens is 703 g/mol. The molecule has 3 aromatic heterocycles. The molecule has 12 nitrogen and oxygen atoms in total. The zero-order valence-corrected chi connectivity index (χ0v) is 31.1. The number of nitrogens with two attached hydrogens (primary N) is 1. The molecule has 0 bridgehead atoms. The molecule has 0 unspecified atom stereocenters. The molecule has 2 amide bonds. The molecule has 0 spiro atoms. The highest BCUT2D eigenvalue weighted by Gasteiger charge is 2.43. The van der Waals surface area contributed by atoms with Gasteiger partial charge in [0, 0.05) is 35.7 Å². The number of aromatic nitrogens is 4. The first-order valence-electron chi connectivity index (χ1n) is 17.8. The van der Waals surface area contributed by atoms with Gasteiger partial charge in [-0.05, 0) is 54.7 Å². The van der Waals surface area contributed by atoms with E-state index in [9.17, 15) is 19.8 Å². The molecule has 13 heteroatoms. The normalized spacial score (nSPS) is 16.7. The summed E-state index contributed by atoms with van der Waals surface area (Å²) in [6.07, 6.45) is -0.698. The number of β-amino-alcohol motifs (C(OH)–C–C–N with tert-alkyl or cyclic N) is 1. The van der Waals surface area contributed by atoms with Gasteiger partial charge in [-0.1, -0.05) is 79.7 Å². The lowest BCUT2D eigenvalue weighted by atomic mass is 9.91. The summed E-state index contributed by atoms with van der Waals surface area (Å²) in [5.41, 5.74) is 14.7. The average molecular weight is 744 g/mol. The number of para-hydroxylation sites is 1. The summed E-state index contributed by atoms with van der Waals surface area (Å²) in [5, 5.41) is 36.6. The van der Waals surface area contributed by atoms with Crippen molar-refractivity contribution in [1.29, 1.82) is 0 Å². The smallest absolute Gasteiger partial charge is 0.243 e. The maximum atomic E-state index is 14.2. The number of anilines is 1. The van der Waals surface area contributed by atoms with E-state index < -0.39 is 18.1 Å². The van der Waals surface area contributed by atoms with Crippen LogP contribution in [0.2, 0.25) is 0 Å². The van der Waals surface area contributed by atoms with Crippen molar-refractivity contribution in [3.05, 3.63) is 107 Å². The van der Waals surface area contributed by atoms with Crippen molar-refractivity contribution in [2.75, 3.05) is 12.3 Å². The minimum absolute atomic E-state index is 0.0402. The lowest BCUT2D eigenvalue weighted by Gasteiger charge is -2.29. The summed E-state index contributed by atoms with van der Waals surface area (Å²) in [6, 6.07) is 24.8. The van der Waals surface area contributed by atoms with Crippen LogP contribution in [0.15, 0.2) is 95.0 Å². The predicted octanol–water partition coefficient (Wildman–Crippen LogP) is 6.76. The number of carbonyl (C=O) groups is 2. The van der Waals surface area contributed by atoms with Gasteiger partial charge in [-0.2, -0.15) is 0 Å². The SMILES string of the molecule is Cc1ncsc1-c1ccc([C@H](C)NC(=O)[C@@H]2C[C@@H](O)CN2C(=O)[C@H](c2cc(-c3ccc(-c4cc(-c5ccccc5O)nnc4N)cc3)no2)C(C)C)cc1. The number of nitrogens with zero attached hydrogens (tertiary/aromatic N) is 5. The van der Waals surface area contributed by atoms with Crippen LogP contribution in [0, 0.1) is 12.8 Å². The van der Waals surface area contributed by atoms with Gasteiger partial charge in [0.25, 0.3) is 0 Å². The van der Waals surface area contributed by atoms with E-state index in [0.717, 1.165) is 32.8 Å². The van der Waals surface area contributed by atoms with Gasteiger partial charge < -0.3 is 30.7 Å². The molecule has 1 aliphatic heterocycles. The van der Waals surface area contributed by atoms with Gasteiger partial charge in [0.2, 0.25) is 11.8 Å². The zero-order valence-electron chi connectivity index (χ0n) is 30.3. The first kappa shape index (κ1) is 36.4. The monoisotopic (exact) mass is 743 g/mol. The highest BCUT2D eigenvalue weighted by atomic mass is 32.1. The fourth-order valence-corrected chi connectivity index (χ4v) is 7.77. The zero-order chi connectivity index (χ0) is 38.1. The number of carbonyl (C=O) groups excluding carboxylic acids is 2. The van der Waals surface area contributed by atoms with Crippen LogP contribution in [0.1, 0.15) is 56.2 Å². The highest BCUT2D eigenvalue weighted by Crippen LogP contribution is 2.36. The van der Waals surface area contributed by atoms with Crippen LogP contribution in [-0.2, 0) is 9.59 Å². The van der Waals surface area contributed by atoms with Crippen molar-refractivity contribution >= 4 is 29.0 Å². The van der Waals surface area contributed by atoms with Gasteiger partial charge in [-0.3, -0.25) is 9.59 Å². The van der Waals surface area contributed by atoms with E-state index in [0.29, 0.717) is 28.3 Å². The molecule has 0 saturated carbocycles. The minimum atomic E-state index is -0.841. The number of aliphatic hydroxyl groups excluding tert-OH is 1. The number of rotatable bonds is 10. The molecule has 0 aliphatic carbocycles. The third-order valence-corrected chi connectivity index (χ3v) is 10.9. The van der Waals surface area contributed by atoms with Crippen LogP contribution in [0.25, 0.3) is 44.1 Å². The van der Waals surface area contributed by atoms with E-state index in [1.165, 1.54) is 4.90 Å². The van der Waals surface area contributed by atoms with Gasteiger partial charge >= 0.3 is 0 Å². The number of hydrogen-bond acceptors (Lipinski definition) is 11. The quantitative estimate of drug-likeness (QED) is 0.117. The molecule has 54 heavy (non-hydrogen) atoms. The third kappa shape index (κ3) is 7.32. The number of phenolic OH excluding ortho intramolecular Hbond substituents is 1. The fraction of sp³-hybridized carbons (Fsp3) is 0.268. The number of amides is 2. The lowest BCUT2D eigenvalue weighted by molar-refractivity contribution is -0.141. The molecule has 1 saturated heterocycles. The summed E-state index contributed by atoms with van der Waals surface area (Å²) in [7, 11) is 0. The molecule has 1 aliphatic rings. The number of aromatic hydroxyl groups is 1. The Bertz CT molecular complexity index is 2290. The summed E-state index contributed by atoms with van der Waals surface area (Å²) in [6.45, 7) is 7.75. The maximum absolute atomic E-state index is 14.2. The number of nitrogen functional groups attached to an aromatic ring is 1. The van der Waals surface area contributed by atoms with Gasteiger partial charge in [-0.25, -0.2) is 4.98 Å². The Kier molecular flexibility index (Phi) is 10.3. The second-order valence-corrected chi connectivity index (χ2v) is 14.8. The molecule has 3 aromatic carbocycles. The first-order chi connectivity index (χ1) is 26.0. The van der Waals surface area contributed by atoms with Crippen LogP contribution in [-0.4, -0.2) is 66.0 Å². The summed E-state index contributed by atoms with van der Waals surface area (Å²) in [4.78, 5) is 34.8. The number of likely N-dealkylation sites (tertiary alicyclic amines) is 1. The summed E-state index contributed by atoms with van der Waals surface area (Å²) in [5.74, 6) is -0.856. The Morgan fingerprint density at radius 2 is 1.63 bits per heavy atom. The molecule has 1 fully saturated rings. The van der Waals surface area contributed by atoms with E-state index in [1.807, 2.05) is 87.8 Å². The number of benzene rings is 3. The Morgan fingerprint density at radius 3 is 2.31 bits per heavy atom. The van der Waals surface area contributed by atoms with E-state index in [-0.39, 0.29) is 48.3 Å². The Hall–Kier alpha value is -5.92. The average Bonchev–Trinajstić information content (AvgIpc) is 3.92. The molecule has 5 N–H and O–H groups in total. The lowest BCUT2D eigenvalue weighted by Crippen LogP contribution is -2.48. The van der Waals surface area contributed by atoms with Crippen LogP contribution < -0.4 is 11.1 Å². The van der Waals surface area contributed by atoms with Gasteiger partial charge in [-0.15, -0.1) is 21.5 Å². The van der Waals surface area contributed by atoms with E-state index >= 15 is 0 Å². The first-order valence-corrected chi connectivity index (χ1v) is 18.6. The van der Waals surface area contributed by atoms with Crippen molar-refractivity contribution in [2.24, 2.45) is 5.92 Å². The van der Waals surface area contributed by atoms with Crippen LogP contribution in [0.4, 0.5) is 5.82 Å². The number of hydrogen-bond donors (Lipinski definition) is 4. The van der Waals surface area contributed by atoms with Gasteiger partial charge in [0.15, 0.2) is 5.82 Å². The molecule has 276 valence electrons. The van der Waals surface area contributed by atoms with Crippen molar-refractivity contribution in [2.45, 2.75) is 58.2 Å². The Labute approximate surface area is 316 Å². The topological polar surface area (TPSA) is 181 Å². The maximum Gasteiger partial charge on any atom is 0.243 e. The molecule has 7 rings (SSSR count). The Balaban J connectivity index is 1.06. The van der Waals surface area contributed by atoms with Crippen molar-refractivity contribution < 1.29 is 24.3 Å². The van der Waals surface area contributed by atoms with Crippen molar-refractivity contribution in [3.8, 4) is 49.8 Å². The molecule has 4 heterocycles. The number of aliphatic hydroxyl groups is 1. The Morgan fingerprint density at radius 1 is 0.926 bits per heavy atom. The van der Waals surface area contributed by atoms with Gasteiger partial charge in [0.1, 0.15) is 29.2 Å².